The number of rotatable bonds is 4. The van der Waals surface area contributed by atoms with E-state index < -0.39 is 0 Å². The molecular weight excluding hydrogens is 414 g/mol. The first-order chi connectivity index (χ1) is 13.1. The molecule has 1 fully saturated rings. The van der Waals surface area contributed by atoms with Crippen molar-refractivity contribution < 1.29 is 19.1 Å². The first kappa shape index (κ1) is 19.2. The van der Waals surface area contributed by atoms with Crippen molar-refractivity contribution in [2.75, 3.05) is 32.8 Å². The molecule has 7 nitrogen and oxygen atoms in total. The van der Waals surface area contributed by atoms with Crippen molar-refractivity contribution >= 4 is 27.9 Å². The zero-order valence-electron chi connectivity index (χ0n) is 14.9. The molecule has 142 valence electrons. The van der Waals surface area contributed by atoms with Gasteiger partial charge in [-0.25, -0.2) is 9.78 Å². The Bertz CT molecular complexity index is 805. The second-order valence-electron chi connectivity index (χ2n) is 5.89. The molecule has 0 radical (unpaired) electrons. The van der Waals surface area contributed by atoms with Gasteiger partial charge in [-0.3, -0.25) is 4.79 Å². The van der Waals surface area contributed by atoms with Gasteiger partial charge in [0.2, 0.25) is 5.88 Å². The molecule has 0 aliphatic carbocycles. The van der Waals surface area contributed by atoms with Crippen LogP contribution in [-0.2, 0) is 4.74 Å². The van der Waals surface area contributed by atoms with Gasteiger partial charge < -0.3 is 19.3 Å². The summed E-state index contributed by atoms with van der Waals surface area (Å²) in [6, 6.07) is 10.7. The van der Waals surface area contributed by atoms with Crippen molar-refractivity contribution in [3.05, 3.63) is 52.6 Å². The Labute approximate surface area is 166 Å². The molecule has 3 rings (SSSR count). The van der Waals surface area contributed by atoms with Gasteiger partial charge in [-0.15, -0.1) is 0 Å². The molecule has 2 amide bonds. The summed E-state index contributed by atoms with van der Waals surface area (Å²) in [6.45, 7) is 3.85. The van der Waals surface area contributed by atoms with Crippen LogP contribution in [0.3, 0.4) is 0 Å². The van der Waals surface area contributed by atoms with E-state index in [1.807, 2.05) is 12.1 Å². The number of piperazine rings is 1. The van der Waals surface area contributed by atoms with Crippen molar-refractivity contribution in [3.63, 3.8) is 0 Å². The molecule has 8 heteroatoms. The fourth-order valence-electron chi connectivity index (χ4n) is 2.73. The van der Waals surface area contributed by atoms with Gasteiger partial charge in [0.15, 0.2) is 0 Å². The summed E-state index contributed by atoms with van der Waals surface area (Å²) in [5.41, 5.74) is 0.394. The van der Waals surface area contributed by atoms with Gasteiger partial charge >= 0.3 is 6.09 Å². The fourth-order valence-corrected chi connectivity index (χ4v) is 2.99. The minimum atomic E-state index is -0.342. The molecule has 27 heavy (non-hydrogen) atoms. The minimum Gasteiger partial charge on any atom is -0.450 e. The van der Waals surface area contributed by atoms with Crippen LogP contribution in [0.5, 0.6) is 11.6 Å². The predicted octanol–water partition coefficient (Wildman–Crippen LogP) is 3.55. The number of carbonyl (C=O) groups excluding carboxylic acids is 2. The smallest absolute Gasteiger partial charge is 0.409 e. The maximum absolute atomic E-state index is 12.9. The average molecular weight is 434 g/mol. The van der Waals surface area contributed by atoms with Crippen molar-refractivity contribution in [2.24, 2.45) is 0 Å². The van der Waals surface area contributed by atoms with Crippen molar-refractivity contribution in [1.29, 1.82) is 0 Å². The van der Waals surface area contributed by atoms with Crippen molar-refractivity contribution in [3.8, 4) is 11.6 Å². The van der Waals surface area contributed by atoms with Crippen molar-refractivity contribution in [1.82, 2.24) is 14.8 Å². The van der Waals surface area contributed by atoms with E-state index in [1.165, 1.54) is 0 Å². The lowest BCUT2D eigenvalue weighted by Crippen LogP contribution is -2.50. The third kappa shape index (κ3) is 4.77. The predicted molar refractivity (Wildman–Crippen MR) is 103 cm³/mol. The SMILES string of the molecule is CCOC(=O)N1CCN(C(=O)c2cccnc2Oc2ccc(Br)cc2)CC1. The molecule has 1 aliphatic heterocycles. The van der Waals surface area contributed by atoms with Crippen LogP contribution in [0.15, 0.2) is 47.1 Å². The van der Waals surface area contributed by atoms with Crippen LogP contribution in [0, 0.1) is 0 Å². The average Bonchev–Trinajstić information content (AvgIpc) is 2.70. The van der Waals surface area contributed by atoms with E-state index in [2.05, 4.69) is 20.9 Å². The van der Waals surface area contributed by atoms with Crippen LogP contribution in [0.1, 0.15) is 17.3 Å². The van der Waals surface area contributed by atoms with Gasteiger partial charge in [0, 0.05) is 36.8 Å². The van der Waals surface area contributed by atoms with E-state index in [0.717, 1.165) is 4.47 Å². The van der Waals surface area contributed by atoms with E-state index in [9.17, 15) is 9.59 Å². The molecule has 0 N–H and O–H groups in total. The van der Waals surface area contributed by atoms with Gasteiger partial charge in [-0.05, 0) is 43.3 Å². The summed E-state index contributed by atoms with van der Waals surface area (Å²) in [7, 11) is 0. The Kier molecular flexibility index (Phi) is 6.28. The lowest BCUT2D eigenvalue weighted by molar-refractivity contribution is 0.0568. The Hall–Kier alpha value is -2.61. The summed E-state index contributed by atoms with van der Waals surface area (Å²) >= 11 is 3.38. The summed E-state index contributed by atoms with van der Waals surface area (Å²) < 4.78 is 11.7. The number of hydrogen-bond acceptors (Lipinski definition) is 5. The van der Waals surface area contributed by atoms with Crippen LogP contribution in [0.2, 0.25) is 0 Å². The summed E-state index contributed by atoms with van der Waals surface area (Å²) in [4.78, 5) is 32.2. The highest BCUT2D eigenvalue weighted by atomic mass is 79.9. The molecular formula is C19H20BrN3O4. The topological polar surface area (TPSA) is 72.0 Å². The molecule has 0 atom stereocenters. The summed E-state index contributed by atoms with van der Waals surface area (Å²) in [6.07, 6.45) is 1.24. The Morgan fingerprint density at radius 3 is 2.41 bits per heavy atom. The number of pyridine rings is 1. The van der Waals surface area contributed by atoms with E-state index in [4.69, 9.17) is 9.47 Å². The second kappa shape index (κ2) is 8.85. The Balaban J connectivity index is 1.69. The maximum atomic E-state index is 12.9. The van der Waals surface area contributed by atoms with Gasteiger partial charge in [0.25, 0.3) is 5.91 Å². The first-order valence-electron chi connectivity index (χ1n) is 8.68. The number of hydrogen-bond donors (Lipinski definition) is 0. The number of ether oxygens (including phenoxy) is 2. The highest BCUT2D eigenvalue weighted by Crippen LogP contribution is 2.25. The molecule has 1 aliphatic rings. The normalized spacial score (nSPS) is 14.0. The first-order valence-corrected chi connectivity index (χ1v) is 9.47. The van der Waals surface area contributed by atoms with Gasteiger partial charge in [-0.2, -0.15) is 0 Å². The molecule has 1 saturated heterocycles. The Morgan fingerprint density at radius 2 is 1.74 bits per heavy atom. The molecule has 0 unspecified atom stereocenters. The largest absolute Gasteiger partial charge is 0.450 e. The molecule has 1 aromatic carbocycles. The molecule has 0 spiro atoms. The van der Waals surface area contributed by atoms with Crippen LogP contribution in [0.25, 0.3) is 0 Å². The summed E-state index contributed by atoms with van der Waals surface area (Å²) in [5.74, 6) is 0.689. The lowest BCUT2D eigenvalue weighted by atomic mass is 10.2. The van der Waals surface area contributed by atoms with E-state index in [1.54, 1.807) is 47.2 Å². The quantitative estimate of drug-likeness (QED) is 0.736. The fraction of sp³-hybridized carbons (Fsp3) is 0.316. The third-order valence-electron chi connectivity index (χ3n) is 4.12. The van der Waals surface area contributed by atoms with Crippen LogP contribution < -0.4 is 4.74 Å². The lowest BCUT2D eigenvalue weighted by Gasteiger charge is -2.34. The van der Waals surface area contributed by atoms with E-state index in [-0.39, 0.29) is 17.9 Å². The van der Waals surface area contributed by atoms with Crippen LogP contribution >= 0.6 is 15.9 Å². The van der Waals surface area contributed by atoms with E-state index >= 15 is 0 Å². The summed E-state index contributed by atoms with van der Waals surface area (Å²) in [5, 5.41) is 0. The third-order valence-corrected chi connectivity index (χ3v) is 4.65. The second-order valence-corrected chi connectivity index (χ2v) is 6.81. The van der Waals surface area contributed by atoms with Gasteiger partial charge in [0.1, 0.15) is 11.3 Å². The minimum absolute atomic E-state index is 0.168. The molecule has 2 aromatic rings. The number of benzene rings is 1. The monoisotopic (exact) mass is 433 g/mol. The number of nitrogens with zero attached hydrogens (tertiary/aromatic N) is 3. The molecule has 1 aromatic heterocycles. The number of aromatic nitrogens is 1. The number of amides is 2. The van der Waals surface area contributed by atoms with Crippen LogP contribution in [-0.4, -0.2) is 59.6 Å². The van der Waals surface area contributed by atoms with Crippen LogP contribution in [0.4, 0.5) is 4.79 Å². The Morgan fingerprint density at radius 1 is 1.07 bits per heavy atom. The highest BCUT2D eigenvalue weighted by molar-refractivity contribution is 9.10. The molecule has 0 bridgehead atoms. The number of halogens is 1. The number of carbonyl (C=O) groups is 2. The van der Waals surface area contributed by atoms with Crippen molar-refractivity contribution in [2.45, 2.75) is 6.92 Å². The van der Waals surface area contributed by atoms with Gasteiger partial charge in [0.05, 0.1) is 6.61 Å². The molecule has 0 saturated carbocycles. The van der Waals surface area contributed by atoms with Gasteiger partial charge in [-0.1, -0.05) is 15.9 Å². The maximum Gasteiger partial charge on any atom is 0.409 e. The molecule has 2 heterocycles. The zero-order chi connectivity index (χ0) is 19.2. The standard InChI is InChI=1S/C19H20BrN3O4/c1-2-26-19(25)23-12-10-22(11-13-23)18(24)16-4-3-9-21-17(16)27-15-7-5-14(20)6-8-15/h3-9H,2,10-13H2,1H3. The zero-order valence-corrected chi connectivity index (χ0v) is 16.5. The highest BCUT2D eigenvalue weighted by Gasteiger charge is 2.27. The van der Waals surface area contributed by atoms with E-state index in [0.29, 0.717) is 44.1 Å².